The monoisotopic (exact) mass is 169 g/mol. The second kappa shape index (κ2) is 3.70. The minimum Gasteiger partial charge on any atom is -0.349 e. The van der Waals surface area contributed by atoms with E-state index in [1.54, 1.807) is 19.0 Å². The summed E-state index contributed by atoms with van der Waals surface area (Å²) in [5, 5.41) is 0. The first-order valence-electron chi connectivity index (χ1n) is 4.34. The lowest BCUT2D eigenvalue weighted by Crippen LogP contribution is -2.25. The molecule has 0 saturated heterocycles. The van der Waals surface area contributed by atoms with Crippen molar-refractivity contribution in [1.82, 2.24) is 4.90 Å². The molecular weight excluding hydrogens is 154 g/mol. The van der Waals surface area contributed by atoms with E-state index in [4.69, 9.17) is 0 Å². The summed E-state index contributed by atoms with van der Waals surface area (Å²) in [7, 11) is 3.45. The summed E-state index contributed by atoms with van der Waals surface area (Å²) in [6.07, 6.45) is 2.94. The third-order valence-electron chi connectivity index (χ3n) is 2.35. The fourth-order valence-corrected chi connectivity index (χ4v) is 1.50. The van der Waals surface area contributed by atoms with Crippen LogP contribution in [0.2, 0.25) is 0 Å². The zero-order valence-corrected chi connectivity index (χ0v) is 7.67. The van der Waals surface area contributed by atoms with Gasteiger partial charge in [-0.1, -0.05) is 0 Å². The van der Waals surface area contributed by atoms with Gasteiger partial charge in [-0.15, -0.1) is 0 Å². The first kappa shape index (κ1) is 9.23. The van der Waals surface area contributed by atoms with E-state index in [-0.39, 0.29) is 17.6 Å². The molecule has 12 heavy (non-hydrogen) atoms. The van der Waals surface area contributed by atoms with E-state index in [0.717, 1.165) is 12.8 Å². The molecule has 0 heterocycles. The maximum Gasteiger partial charge on any atom is 0.222 e. The van der Waals surface area contributed by atoms with Crippen molar-refractivity contribution in [1.29, 1.82) is 0 Å². The van der Waals surface area contributed by atoms with E-state index < -0.39 is 0 Å². The number of ketones is 1. The Morgan fingerprint density at radius 2 is 2.25 bits per heavy atom. The van der Waals surface area contributed by atoms with Gasteiger partial charge in [0.2, 0.25) is 5.91 Å². The van der Waals surface area contributed by atoms with Gasteiger partial charge >= 0.3 is 0 Å². The highest BCUT2D eigenvalue weighted by Gasteiger charge is 2.26. The molecule has 0 spiro atoms. The van der Waals surface area contributed by atoms with Gasteiger partial charge in [0, 0.05) is 32.9 Å². The van der Waals surface area contributed by atoms with E-state index in [2.05, 4.69) is 0 Å². The van der Waals surface area contributed by atoms with Crippen LogP contribution >= 0.6 is 0 Å². The second-order valence-electron chi connectivity index (χ2n) is 3.55. The van der Waals surface area contributed by atoms with Crippen molar-refractivity contribution in [3.63, 3.8) is 0 Å². The van der Waals surface area contributed by atoms with Crippen LogP contribution in [0.1, 0.15) is 25.7 Å². The summed E-state index contributed by atoms with van der Waals surface area (Å²) in [6, 6.07) is 0. The second-order valence-corrected chi connectivity index (χ2v) is 3.55. The minimum absolute atomic E-state index is 0.0138. The van der Waals surface area contributed by atoms with E-state index in [0.29, 0.717) is 12.8 Å². The summed E-state index contributed by atoms with van der Waals surface area (Å²) >= 11 is 0. The molecule has 1 amide bonds. The lowest BCUT2D eigenvalue weighted by atomic mass is 10.0. The van der Waals surface area contributed by atoms with Crippen LogP contribution in [0.5, 0.6) is 0 Å². The molecule has 0 aromatic heterocycles. The number of amides is 1. The predicted molar refractivity (Wildman–Crippen MR) is 45.7 cm³/mol. The Morgan fingerprint density at radius 1 is 1.58 bits per heavy atom. The molecule has 1 rings (SSSR count). The topological polar surface area (TPSA) is 37.4 Å². The first-order valence-corrected chi connectivity index (χ1v) is 4.34. The highest BCUT2D eigenvalue weighted by molar-refractivity contribution is 5.88. The number of carbonyl (C=O) groups excluding carboxylic acids is 2. The van der Waals surface area contributed by atoms with Gasteiger partial charge in [0.1, 0.15) is 5.78 Å². The largest absolute Gasteiger partial charge is 0.349 e. The zero-order chi connectivity index (χ0) is 9.14. The average molecular weight is 169 g/mol. The van der Waals surface area contributed by atoms with Gasteiger partial charge in [-0.05, 0) is 12.8 Å². The Labute approximate surface area is 72.7 Å². The molecule has 0 aromatic carbocycles. The Hall–Kier alpha value is -0.860. The van der Waals surface area contributed by atoms with Gasteiger partial charge in [-0.3, -0.25) is 9.59 Å². The summed E-state index contributed by atoms with van der Waals surface area (Å²) < 4.78 is 0. The summed E-state index contributed by atoms with van der Waals surface area (Å²) in [5.74, 6) is 0.348. The smallest absolute Gasteiger partial charge is 0.222 e. The summed E-state index contributed by atoms with van der Waals surface area (Å²) in [5.41, 5.74) is 0. The van der Waals surface area contributed by atoms with Crippen LogP contribution in [-0.4, -0.2) is 30.7 Å². The minimum atomic E-state index is 0.0138. The molecular formula is C9H15NO2. The Morgan fingerprint density at radius 3 is 2.67 bits per heavy atom. The van der Waals surface area contributed by atoms with Crippen LogP contribution in [-0.2, 0) is 9.59 Å². The number of hydrogen-bond acceptors (Lipinski definition) is 2. The maximum atomic E-state index is 11.2. The zero-order valence-electron chi connectivity index (χ0n) is 7.67. The van der Waals surface area contributed by atoms with Crippen molar-refractivity contribution in [3.8, 4) is 0 Å². The SMILES string of the molecule is CN(C)C(=O)C[C@H]1CCCC1=O. The molecule has 1 fully saturated rings. The normalized spacial score (nSPS) is 22.8. The molecule has 1 atom stereocenters. The van der Waals surface area contributed by atoms with Crippen LogP contribution in [0.4, 0.5) is 0 Å². The van der Waals surface area contributed by atoms with Crippen LogP contribution in [0.15, 0.2) is 0 Å². The van der Waals surface area contributed by atoms with Gasteiger partial charge in [0.05, 0.1) is 0 Å². The number of carbonyl (C=O) groups is 2. The van der Waals surface area contributed by atoms with E-state index in [1.807, 2.05) is 0 Å². The quantitative estimate of drug-likeness (QED) is 0.614. The van der Waals surface area contributed by atoms with Crippen molar-refractivity contribution in [2.24, 2.45) is 5.92 Å². The molecule has 0 radical (unpaired) electrons. The molecule has 0 unspecified atom stereocenters. The average Bonchev–Trinajstić information content (AvgIpc) is 2.36. The third-order valence-corrected chi connectivity index (χ3v) is 2.35. The number of Topliss-reactive ketones (excluding diaryl/α,β-unsaturated/α-hetero) is 1. The van der Waals surface area contributed by atoms with Gasteiger partial charge in [0.25, 0.3) is 0 Å². The fraction of sp³-hybridized carbons (Fsp3) is 0.778. The third kappa shape index (κ3) is 2.06. The van der Waals surface area contributed by atoms with Gasteiger partial charge in [-0.25, -0.2) is 0 Å². The van der Waals surface area contributed by atoms with Crippen molar-refractivity contribution >= 4 is 11.7 Å². The van der Waals surface area contributed by atoms with E-state index in [1.165, 1.54) is 0 Å². The molecule has 1 aliphatic carbocycles. The van der Waals surface area contributed by atoms with Gasteiger partial charge in [-0.2, -0.15) is 0 Å². The van der Waals surface area contributed by atoms with E-state index in [9.17, 15) is 9.59 Å². The van der Waals surface area contributed by atoms with Crippen LogP contribution in [0.3, 0.4) is 0 Å². The molecule has 3 nitrogen and oxygen atoms in total. The lowest BCUT2D eigenvalue weighted by Gasteiger charge is -2.12. The fourth-order valence-electron chi connectivity index (χ4n) is 1.50. The van der Waals surface area contributed by atoms with Crippen LogP contribution < -0.4 is 0 Å². The van der Waals surface area contributed by atoms with Crippen molar-refractivity contribution in [3.05, 3.63) is 0 Å². The number of rotatable bonds is 2. The number of hydrogen-bond donors (Lipinski definition) is 0. The molecule has 0 bridgehead atoms. The van der Waals surface area contributed by atoms with Gasteiger partial charge < -0.3 is 4.90 Å². The first-order chi connectivity index (χ1) is 5.61. The Balaban J connectivity index is 2.40. The van der Waals surface area contributed by atoms with Crippen LogP contribution in [0.25, 0.3) is 0 Å². The Bertz CT molecular complexity index is 199. The molecule has 0 aromatic rings. The van der Waals surface area contributed by atoms with Crippen molar-refractivity contribution < 1.29 is 9.59 Å². The highest BCUT2D eigenvalue weighted by Crippen LogP contribution is 2.24. The number of nitrogens with zero attached hydrogens (tertiary/aromatic N) is 1. The molecule has 68 valence electrons. The van der Waals surface area contributed by atoms with Crippen LogP contribution in [0, 0.1) is 5.92 Å². The lowest BCUT2D eigenvalue weighted by molar-refractivity contribution is -0.132. The molecule has 0 aliphatic heterocycles. The van der Waals surface area contributed by atoms with Crippen molar-refractivity contribution in [2.75, 3.05) is 14.1 Å². The maximum absolute atomic E-state index is 11.2. The summed E-state index contributed by atoms with van der Waals surface area (Å²) in [6.45, 7) is 0. The Kier molecular flexibility index (Phi) is 2.84. The van der Waals surface area contributed by atoms with Crippen molar-refractivity contribution in [2.45, 2.75) is 25.7 Å². The molecule has 1 saturated carbocycles. The molecule has 0 N–H and O–H groups in total. The predicted octanol–water partition coefficient (Wildman–Crippen LogP) is 0.834. The van der Waals surface area contributed by atoms with Gasteiger partial charge in [0.15, 0.2) is 0 Å². The standard InChI is InChI=1S/C9H15NO2/c1-10(2)9(12)6-7-4-3-5-8(7)11/h7H,3-6H2,1-2H3/t7-/m1/s1. The molecule has 3 heteroatoms. The summed E-state index contributed by atoms with van der Waals surface area (Å²) in [4.78, 5) is 23.9. The molecule has 1 aliphatic rings. The highest BCUT2D eigenvalue weighted by atomic mass is 16.2. The van der Waals surface area contributed by atoms with E-state index >= 15 is 0 Å².